The number of ether oxygens (including phenoxy) is 2. The Hall–Kier alpha value is -3.02. The summed E-state index contributed by atoms with van der Waals surface area (Å²) in [5, 5.41) is 0. The highest BCUT2D eigenvalue weighted by Gasteiger charge is 2.30. The van der Waals surface area contributed by atoms with Gasteiger partial charge in [-0.2, -0.15) is 0 Å². The van der Waals surface area contributed by atoms with Crippen LogP contribution < -0.4 is 9.47 Å². The molecule has 6 heteroatoms. The second-order valence-electron chi connectivity index (χ2n) is 8.54. The fourth-order valence-corrected chi connectivity index (χ4v) is 4.63. The van der Waals surface area contributed by atoms with Crippen LogP contribution in [-0.4, -0.2) is 46.7 Å². The maximum atomic E-state index is 13.4. The summed E-state index contributed by atoms with van der Waals surface area (Å²) in [6.07, 6.45) is 2.00. The second kappa shape index (κ2) is 9.63. The van der Waals surface area contributed by atoms with Gasteiger partial charge >= 0.3 is 0 Å². The quantitative estimate of drug-likeness (QED) is 0.496. The molecule has 1 unspecified atom stereocenters. The zero-order chi connectivity index (χ0) is 22.7. The van der Waals surface area contributed by atoms with Gasteiger partial charge in [0.05, 0.1) is 24.2 Å². The van der Waals surface area contributed by atoms with Crippen LogP contribution in [-0.2, 0) is 0 Å². The minimum Gasteiger partial charge on any atom is -0.490 e. The number of likely N-dealkylation sites (tertiary alicyclic amines) is 1. The lowest BCUT2D eigenvalue weighted by atomic mass is 9.96. The number of imidazole rings is 1. The Labute approximate surface area is 190 Å². The van der Waals surface area contributed by atoms with Gasteiger partial charge in [0.1, 0.15) is 5.82 Å². The normalized spacial score (nSPS) is 16.5. The first-order valence-electron chi connectivity index (χ1n) is 11.7. The molecule has 2 heterocycles. The van der Waals surface area contributed by atoms with Gasteiger partial charge in [-0.25, -0.2) is 4.98 Å². The Morgan fingerprint density at radius 1 is 1.09 bits per heavy atom. The fourth-order valence-electron chi connectivity index (χ4n) is 4.63. The summed E-state index contributed by atoms with van der Waals surface area (Å²) < 4.78 is 13.7. The maximum absolute atomic E-state index is 13.4. The smallest absolute Gasteiger partial charge is 0.254 e. The average Bonchev–Trinajstić information content (AvgIpc) is 3.20. The van der Waals surface area contributed by atoms with E-state index in [0.717, 1.165) is 36.2 Å². The lowest BCUT2D eigenvalue weighted by Gasteiger charge is -2.33. The van der Waals surface area contributed by atoms with Gasteiger partial charge in [0.2, 0.25) is 0 Å². The van der Waals surface area contributed by atoms with Crippen molar-refractivity contribution in [3.05, 3.63) is 53.9 Å². The van der Waals surface area contributed by atoms with E-state index in [1.165, 1.54) is 0 Å². The van der Waals surface area contributed by atoms with E-state index in [1.54, 1.807) is 0 Å². The number of piperidine rings is 1. The standard InChI is InChI=1S/C26H33N3O3/c1-5-31-23-14-13-19(16-24(23)32-6-2)26(30)28-15-9-10-20(17-28)25-27-21-11-7-8-12-22(21)29(25)18(3)4/h7-8,11-14,16,18,20H,5-6,9-10,15,17H2,1-4H3. The summed E-state index contributed by atoms with van der Waals surface area (Å²) in [6.45, 7) is 10.8. The molecule has 1 aliphatic heterocycles. The molecule has 0 N–H and O–H groups in total. The summed E-state index contributed by atoms with van der Waals surface area (Å²) >= 11 is 0. The minimum absolute atomic E-state index is 0.0332. The van der Waals surface area contributed by atoms with Crippen LogP contribution in [0.25, 0.3) is 11.0 Å². The molecule has 1 saturated heterocycles. The Morgan fingerprint density at radius 2 is 1.84 bits per heavy atom. The summed E-state index contributed by atoms with van der Waals surface area (Å²) in [7, 11) is 0. The number of aromatic nitrogens is 2. The Balaban J connectivity index is 1.60. The molecule has 1 aliphatic rings. The van der Waals surface area contributed by atoms with Crippen LogP contribution in [0.2, 0.25) is 0 Å². The first kappa shape index (κ1) is 22.2. The van der Waals surface area contributed by atoms with Gasteiger partial charge in [-0.1, -0.05) is 12.1 Å². The highest BCUT2D eigenvalue weighted by Crippen LogP contribution is 2.33. The van der Waals surface area contributed by atoms with Gasteiger partial charge in [0.25, 0.3) is 5.91 Å². The van der Waals surface area contributed by atoms with Crippen LogP contribution in [0.4, 0.5) is 0 Å². The van der Waals surface area contributed by atoms with E-state index in [9.17, 15) is 4.79 Å². The number of nitrogens with zero attached hydrogens (tertiary/aromatic N) is 3. The van der Waals surface area contributed by atoms with Crippen molar-refractivity contribution < 1.29 is 14.3 Å². The minimum atomic E-state index is 0.0332. The number of para-hydroxylation sites is 2. The summed E-state index contributed by atoms with van der Waals surface area (Å²) in [4.78, 5) is 20.3. The number of rotatable bonds is 7. The van der Waals surface area contributed by atoms with Crippen molar-refractivity contribution >= 4 is 16.9 Å². The van der Waals surface area contributed by atoms with E-state index in [2.05, 4.69) is 36.6 Å². The number of hydrogen-bond acceptors (Lipinski definition) is 4. The molecular weight excluding hydrogens is 402 g/mol. The summed E-state index contributed by atoms with van der Waals surface area (Å²) in [5.74, 6) is 2.63. The van der Waals surface area contributed by atoms with E-state index in [1.807, 2.05) is 43.0 Å². The molecule has 3 aromatic rings. The van der Waals surface area contributed by atoms with Gasteiger partial charge in [-0.15, -0.1) is 0 Å². The molecule has 2 aromatic carbocycles. The first-order chi connectivity index (χ1) is 15.5. The van der Waals surface area contributed by atoms with Crippen LogP contribution in [0, 0.1) is 0 Å². The van der Waals surface area contributed by atoms with Crippen molar-refractivity contribution in [3.63, 3.8) is 0 Å². The highest BCUT2D eigenvalue weighted by atomic mass is 16.5. The van der Waals surface area contributed by atoms with Crippen molar-refractivity contribution in [1.29, 1.82) is 0 Å². The van der Waals surface area contributed by atoms with E-state index < -0.39 is 0 Å². The van der Waals surface area contributed by atoms with Gasteiger partial charge in [-0.05, 0) is 70.9 Å². The molecule has 0 saturated carbocycles. The topological polar surface area (TPSA) is 56.6 Å². The molecule has 0 aliphatic carbocycles. The average molecular weight is 436 g/mol. The van der Waals surface area contributed by atoms with Crippen LogP contribution in [0.15, 0.2) is 42.5 Å². The molecule has 1 amide bonds. The number of amides is 1. The summed E-state index contributed by atoms with van der Waals surface area (Å²) in [5.41, 5.74) is 2.82. The van der Waals surface area contributed by atoms with Crippen molar-refractivity contribution in [2.24, 2.45) is 0 Å². The van der Waals surface area contributed by atoms with Crippen molar-refractivity contribution in [1.82, 2.24) is 14.5 Å². The molecule has 1 fully saturated rings. The molecule has 0 spiro atoms. The predicted octanol–water partition coefficient (Wildman–Crippen LogP) is 5.43. The third-order valence-corrected chi connectivity index (χ3v) is 6.00. The molecule has 1 atom stereocenters. The lowest BCUT2D eigenvalue weighted by Crippen LogP contribution is -2.39. The van der Waals surface area contributed by atoms with Crippen LogP contribution in [0.5, 0.6) is 11.5 Å². The maximum Gasteiger partial charge on any atom is 0.254 e. The molecule has 0 bridgehead atoms. The Bertz CT molecular complexity index is 1090. The molecule has 0 radical (unpaired) electrons. The Kier molecular flexibility index (Phi) is 6.68. The second-order valence-corrected chi connectivity index (χ2v) is 8.54. The largest absolute Gasteiger partial charge is 0.490 e. The zero-order valence-corrected chi connectivity index (χ0v) is 19.5. The van der Waals surface area contributed by atoms with Gasteiger partial charge in [0, 0.05) is 30.6 Å². The van der Waals surface area contributed by atoms with Crippen LogP contribution in [0.3, 0.4) is 0 Å². The summed E-state index contributed by atoms with van der Waals surface area (Å²) in [6, 6.07) is 14.1. The predicted molar refractivity (Wildman–Crippen MR) is 127 cm³/mol. The number of carbonyl (C=O) groups excluding carboxylic acids is 1. The SMILES string of the molecule is CCOc1ccc(C(=O)N2CCCC(c3nc4ccccc4n3C(C)C)C2)cc1OCC. The van der Waals surface area contributed by atoms with Crippen LogP contribution >= 0.6 is 0 Å². The van der Waals surface area contributed by atoms with Crippen molar-refractivity contribution in [2.45, 2.75) is 52.5 Å². The van der Waals surface area contributed by atoms with E-state index in [0.29, 0.717) is 42.9 Å². The molecule has 1 aromatic heterocycles. The van der Waals surface area contributed by atoms with E-state index in [-0.39, 0.29) is 11.8 Å². The third kappa shape index (κ3) is 4.31. The molecular formula is C26H33N3O3. The highest BCUT2D eigenvalue weighted by molar-refractivity contribution is 5.95. The monoisotopic (exact) mass is 435 g/mol. The first-order valence-corrected chi connectivity index (χ1v) is 11.7. The van der Waals surface area contributed by atoms with Crippen molar-refractivity contribution in [3.8, 4) is 11.5 Å². The van der Waals surface area contributed by atoms with E-state index in [4.69, 9.17) is 14.5 Å². The number of carbonyl (C=O) groups is 1. The third-order valence-electron chi connectivity index (χ3n) is 6.00. The van der Waals surface area contributed by atoms with Gasteiger partial charge < -0.3 is 18.9 Å². The van der Waals surface area contributed by atoms with E-state index >= 15 is 0 Å². The van der Waals surface area contributed by atoms with Gasteiger partial charge in [0.15, 0.2) is 11.5 Å². The molecule has 4 rings (SSSR count). The van der Waals surface area contributed by atoms with Crippen LogP contribution in [0.1, 0.15) is 68.7 Å². The molecule has 6 nitrogen and oxygen atoms in total. The van der Waals surface area contributed by atoms with Crippen molar-refractivity contribution in [2.75, 3.05) is 26.3 Å². The Morgan fingerprint density at radius 3 is 2.59 bits per heavy atom. The number of benzene rings is 2. The molecule has 32 heavy (non-hydrogen) atoms. The molecule has 170 valence electrons. The number of fused-ring (bicyclic) bond motifs is 1. The lowest BCUT2D eigenvalue weighted by molar-refractivity contribution is 0.0702. The van der Waals surface area contributed by atoms with Gasteiger partial charge in [-0.3, -0.25) is 4.79 Å². The number of hydrogen-bond donors (Lipinski definition) is 0. The fraction of sp³-hybridized carbons (Fsp3) is 0.462. The zero-order valence-electron chi connectivity index (χ0n) is 19.5.